The zero-order chi connectivity index (χ0) is 13.8. The van der Waals surface area contributed by atoms with E-state index in [1.165, 1.54) is 30.6 Å². The summed E-state index contributed by atoms with van der Waals surface area (Å²) < 4.78 is 26.0. The van der Waals surface area contributed by atoms with Gasteiger partial charge in [-0.15, -0.1) is 0 Å². The van der Waals surface area contributed by atoms with Crippen LogP contribution in [0, 0.1) is 17.1 Å². The Hall–Kier alpha value is -2.26. The van der Waals surface area contributed by atoms with Gasteiger partial charge in [0.15, 0.2) is 0 Å². The monoisotopic (exact) mass is 275 g/mol. The second kappa shape index (κ2) is 5.59. The van der Waals surface area contributed by atoms with Gasteiger partial charge in [0.2, 0.25) is 0 Å². The van der Waals surface area contributed by atoms with Crippen molar-refractivity contribution < 1.29 is 8.60 Å². The first kappa shape index (κ1) is 13.2. The van der Waals surface area contributed by atoms with Crippen molar-refractivity contribution in [2.45, 2.75) is 10.6 Å². The highest BCUT2D eigenvalue weighted by atomic mass is 32.2. The van der Waals surface area contributed by atoms with Crippen molar-refractivity contribution in [1.29, 1.82) is 5.26 Å². The van der Waals surface area contributed by atoms with E-state index >= 15 is 0 Å². The summed E-state index contributed by atoms with van der Waals surface area (Å²) in [6.07, 6.45) is 2.88. The second-order valence-electron chi connectivity index (χ2n) is 3.79. The second-order valence-corrected chi connectivity index (χ2v) is 5.21. The zero-order valence-electron chi connectivity index (χ0n) is 9.84. The Bertz CT molecular complexity index is 682. The number of halogens is 1. The number of nitrogens with zero attached hydrogens (tertiary/aromatic N) is 2. The molecule has 1 heterocycles. The molecule has 0 aliphatic rings. The molecule has 0 saturated heterocycles. The largest absolute Gasteiger partial charge is 0.396 e. The summed E-state index contributed by atoms with van der Waals surface area (Å²) in [5, 5.41) is 8.74. The SMILES string of the molecule is N#Cc1cccc(CS(=O)c2ccncc2N)c1F. The van der Waals surface area contributed by atoms with Crippen LogP contribution in [0.15, 0.2) is 41.6 Å². The lowest BCUT2D eigenvalue weighted by Crippen LogP contribution is -2.03. The average molecular weight is 275 g/mol. The molecule has 0 radical (unpaired) electrons. The molecule has 0 bridgehead atoms. The van der Waals surface area contributed by atoms with Crippen molar-refractivity contribution in [3.05, 3.63) is 53.6 Å². The highest BCUT2D eigenvalue weighted by molar-refractivity contribution is 7.84. The number of aromatic nitrogens is 1. The van der Waals surface area contributed by atoms with Crippen LogP contribution in [0.4, 0.5) is 10.1 Å². The highest BCUT2D eigenvalue weighted by Gasteiger charge is 2.13. The molecule has 19 heavy (non-hydrogen) atoms. The molecule has 4 nitrogen and oxygen atoms in total. The maximum absolute atomic E-state index is 13.8. The number of hydrogen-bond donors (Lipinski definition) is 1. The number of nitrogens with two attached hydrogens (primary N) is 1. The van der Waals surface area contributed by atoms with E-state index in [2.05, 4.69) is 4.98 Å². The molecule has 0 saturated carbocycles. The fourth-order valence-corrected chi connectivity index (χ4v) is 2.79. The zero-order valence-corrected chi connectivity index (χ0v) is 10.7. The first-order valence-corrected chi connectivity index (χ1v) is 6.70. The molecule has 2 aromatic rings. The van der Waals surface area contributed by atoms with Gasteiger partial charge in [0, 0.05) is 11.8 Å². The number of pyridine rings is 1. The van der Waals surface area contributed by atoms with Crippen molar-refractivity contribution in [2.24, 2.45) is 0 Å². The van der Waals surface area contributed by atoms with Gasteiger partial charge >= 0.3 is 0 Å². The topological polar surface area (TPSA) is 79.8 Å². The molecular weight excluding hydrogens is 265 g/mol. The van der Waals surface area contributed by atoms with E-state index in [0.29, 0.717) is 10.6 Å². The predicted octanol–water partition coefficient (Wildman–Crippen LogP) is 1.98. The lowest BCUT2D eigenvalue weighted by Gasteiger charge is -2.06. The van der Waals surface area contributed by atoms with Gasteiger partial charge in [-0.3, -0.25) is 9.19 Å². The highest BCUT2D eigenvalue weighted by Crippen LogP contribution is 2.20. The Labute approximate surface area is 112 Å². The minimum Gasteiger partial charge on any atom is -0.396 e. The van der Waals surface area contributed by atoms with Gasteiger partial charge in [0.1, 0.15) is 11.9 Å². The third-order valence-electron chi connectivity index (χ3n) is 2.54. The van der Waals surface area contributed by atoms with Gasteiger partial charge < -0.3 is 5.73 Å². The molecule has 0 aliphatic carbocycles. The van der Waals surface area contributed by atoms with Crippen LogP contribution < -0.4 is 5.73 Å². The van der Waals surface area contributed by atoms with Crippen LogP contribution in [0.25, 0.3) is 0 Å². The van der Waals surface area contributed by atoms with E-state index in [0.717, 1.165) is 0 Å². The van der Waals surface area contributed by atoms with E-state index in [4.69, 9.17) is 11.0 Å². The normalized spacial score (nSPS) is 11.8. The molecule has 0 fully saturated rings. The molecule has 1 unspecified atom stereocenters. The fourth-order valence-electron chi connectivity index (χ4n) is 1.60. The number of rotatable bonds is 3. The Kier molecular flexibility index (Phi) is 3.88. The fraction of sp³-hybridized carbons (Fsp3) is 0.0769. The Morgan fingerprint density at radius 2 is 2.21 bits per heavy atom. The Morgan fingerprint density at radius 3 is 2.89 bits per heavy atom. The number of hydrogen-bond acceptors (Lipinski definition) is 4. The van der Waals surface area contributed by atoms with Crippen LogP contribution in [0.1, 0.15) is 11.1 Å². The van der Waals surface area contributed by atoms with Crippen molar-refractivity contribution in [3.63, 3.8) is 0 Å². The molecule has 6 heteroatoms. The number of nitrogen functional groups attached to an aromatic ring is 1. The maximum atomic E-state index is 13.8. The van der Waals surface area contributed by atoms with E-state index in [-0.39, 0.29) is 16.9 Å². The third-order valence-corrected chi connectivity index (χ3v) is 3.98. The van der Waals surface area contributed by atoms with Crippen molar-refractivity contribution in [3.8, 4) is 6.07 Å². The third kappa shape index (κ3) is 2.77. The Morgan fingerprint density at radius 1 is 1.42 bits per heavy atom. The van der Waals surface area contributed by atoms with Crippen LogP contribution in [-0.2, 0) is 16.6 Å². The standard InChI is InChI=1S/C13H10FN3OS/c14-13-9(6-15)2-1-3-10(13)8-19(18)12-4-5-17-7-11(12)16/h1-5,7H,8,16H2. The molecule has 1 atom stereocenters. The van der Waals surface area contributed by atoms with E-state index in [9.17, 15) is 8.60 Å². The van der Waals surface area contributed by atoms with Crippen molar-refractivity contribution in [2.75, 3.05) is 5.73 Å². The minimum atomic E-state index is -1.48. The summed E-state index contributed by atoms with van der Waals surface area (Å²) in [7, 11) is -1.48. The quantitative estimate of drug-likeness (QED) is 0.928. The van der Waals surface area contributed by atoms with Gasteiger partial charge in [0.05, 0.1) is 38.9 Å². The van der Waals surface area contributed by atoms with E-state index in [1.54, 1.807) is 12.1 Å². The van der Waals surface area contributed by atoms with Gasteiger partial charge in [-0.05, 0) is 12.1 Å². The van der Waals surface area contributed by atoms with Gasteiger partial charge in [0.25, 0.3) is 0 Å². The number of anilines is 1. The smallest absolute Gasteiger partial charge is 0.145 e. The molecule has 2 rings (SSSR count). The molecule has 1 aromatic heterocycles. The summed E-state index contributed by atoms with van der Waals surface area (Å²) in [6.45, 7) is 0. The maximum Gasteiger partial charge on any atom is 0.145 e. The first-order chi connectivity index (χ1) is 9.13. The van der Waals surface area contributed by atoms with Gasteiger partial charge in [-0.25, -0.2) is 4.39 Å². The summed E-state index contributed by atoms with van der Waals surface area (Å²) in [6, 6.07) is 7.73. The predicted molar refractivity (Wildman–Crippen MR) is 69.9 cm³/mol. The van der Waals surface area contributed by atoms with Crippen molar-refractivity contribution in [1.82, 2.24) is 4.98 Å². The first-order valence-electron chi connectivity index (χ1n) is 5.39. The molecule has 96 valence electrons. The van der Waals surface area contributed by atoms with E-state index in [1.807, 2.05) is 0 Å². The molecule has 2 N–H and O–H groups in total. The lowest BCUT2D eigenvalue weighted by molar-refractivity contribution is 0.611. The molecular formula is C13H10FN3OS. The van der Waals surface area contributed by atoms with Crippen LogP contribution in [0.5, 0.6) is 0 Å². The molecule has 1 aromatic carbocycles. The summed E-state index contributed by atoms with van der Waals surface area (Å²) in [5.41, 5.74) is 6.14. The summed E-state index contributed by atoms with van der Waals surface area (Å²) in [5.74, 6) is -0.666. The molecule has 0 aliphatic heterocycles. The Balaban J connectivity index is 2.31. The van der Waals surface area contributed by atoms with Gasteiger partial charge in [-0.1, -0.05) is 12.1 Å². The van der Waals surface area contributed by atoms with Crippen LogP contribution >= 0.6 is 0 Å². The van der Waals surface area contributed by atoms with Crippen LogP contribution in [0.3, 0.4) is 0 Å². The summed E-state index contributed by atoms with van der Waals surface area (Å²) >= 11 is 0. The number of nitriles is 1. The average Bonchev–Trinajstić information content (AvgIpc) is 2.41. The van der Waals surface area contributed by atoms with Gasteiger partial charge in [-0.2, -0.15) is 5.26 Å². The number of benzene rings is 1. The van der Waals surface area contributed by atoms with Crippen LogP contribution in [0.2, 0.25) is 0 Å². The van der Waals surface area contributed by atoms with Crippen LogP contribution in [-0.4, -0.2) is 9.19 Å². The molecule has 0 spiro atoms. The molecule has 0 amide bonds. The lowest BCUT2D eigenvalue weighted by atomic mass is 10.1. The summed E-state index contributed by atoms with van der Waals surface area (Å²) in [4.78, 5) is 4.22. The van der Waals surface area contributed by atoms with Crippen molar-refractivity contribution >= 4 is 16.5 Å². The minimum absolute atomic E-state index is 0.0322. The van der Waals surface area contributed by atoms with E-state index < -0.39 is 16.6 Å².